The van der Waals surface area contributed by atoms with Gasteiger partial charge in [-0.25, -0.2) is 0 Å². The molecule has 0 aliphatic heterocycles. The van der Waals surface area contributed by atoms with Gasteiger partial charge in [-0.15, -0.1) is 0 Å². The number of nitrogens with one attached hydrogen (secondary N) is 2. The van der Waals surface area contributed by atoms with Gasteiger partial charge in [0.1, 0.15) is 0 Å². The van der Waals surface area contributed by atoms with Crippen LogP contribution in [0.15, 0.2) is 30.3 Å². The van der Waals surface area contributed by atoms with Crippen molar-refractivity contribution >= 4 is 35.7 Å². The van der Waals surface area contributed by atoms with Crippen LogP contribution in [0.3, 0.4) is 0 Å². The number of amides is 2. The van der Waals surface area contributed by atoms with E-state index in [1.165, 1.54) is 19.7 Å². The summed E-state index contributed by atoms with van der Waals surface area (Å²) < 4.78 is 0. The molecule has 17 heavy (non-hydrogen) atoms. The van der Waals surface area contributed by atoms with E-state index in [1.54, 1.807) is 0 Å². The first-order valence-electron chi connectivity index (χ1n) is 4.77. The normalized spacial score (nSPS) is 7.59. The number of hydrogen-bond acceptors (Lipinski definition) is 2. The first-order chi connectivity index (χ1) is 7.93. The lowest BCUT2D eigenvalue weighted by molar-refractivity contribution is 0.262. The quantitative estimate of drug-likeness (QED) is 0.549. The molecular formula is C11H18N2O2S2. The van der Waals surface area contributed by atoms with Crippen LogP contribution in [0.4, 0.5) is 9.59 Å². The minimum atomic E-state index is -0.301. The Labute approximate surface area is 113 Å². The van der Waals surface area contributed by atoms with Crippen LogP contribution in [0.1, 0.15) is 5.56 Å². The average Bonchev–Trinajstić information content (AvgIpc) is 2.31. The Morgan fingerprint density at radius 3 is 1.35 bits per heavy atom. The number of aryl methyl sites for hydroxylation is 1. The van der Waals surface area contributed by atoms with E-state index >= 15 is 0 Å². The number of carbonyl (C=O) groups is 2. The molecule has 0 aliphatic rings. The van der Waals surface area contributed by atoms with E-state index in [1.807, 2.05) is 18.2 Å². The van der Waals surface area contributed by atoms with Crippen LogP contribution in [0, 0.1) is 6.92 Å². The molecular weight excluding hydrogens is 256 g/mol. The molecule has 1 rings (SSSR count). The number of benzene rings is 1. The summed E-state index contributed by atoms with van der Waals surface area (Å²) >= 11 is 6.70. The predicted molar refractivity (Wildman–Crippen MR) is 78.1 cm³/mol. The second-order valence-corrected chi connectivity index (χ2v) is 3.58. The van der Waals surface area contributed by atoms with Gasteiger partial charge in [-0.05, 0) is 6.92 Å². The molecule has 0 saturated carbocycles. The smallest absolute Gasteiger partial charge is 0.275 e. The van der Waals surface area contributed by atoms with Crippen molar-refractivity contribution in [3.8, 4) is 0 Å². The molecule has 1 aromatic rings. The lowest BCUT2D eigenvalue weighted by atomic mass is 10.2. The zero-order chi connectivity index (χ0) is 13.7. The van der Waals surface area contributed by atoms with Crippen molar-refractivity contribution in [2.75, 3.05) is 14.1 Å². The second-order valence-electron chi connectivity index (χ2n) is 2.77. The fourth-order valence-corrected chi connectivity index (χ4v) is 0.534. The molecule has 0 heterocycles. The molecule has 0 aromatic heterocycles. The van der Waals surface area contributed by atoms with Gasteiger partial charge in [0.05, 0.1) is 0 Å². The highest BCUT2D eigenvalue weighted by atomic mass is 32.1. The van der Waals surface area contributed by atoms with Crippen molar-refractivity contribution in [2.45, 2.75) is 6.92 Å². The van der Waals surface area contributed by atoms with Gasteiger partial charge < -0.3 is 10.6 Å². The van der Waals surface area contributed by atoms with Crippen molar-refractivity contribution in [3.63, 3.8) is 0 Å². The highest BCUT2D eigenvalue weighted by Gasteiger charge is 1.75. The van der Waals surface area contributed by atoms with Gasteiger partial charge in [0.2, 0.25) is 0 Å². The number of thiol groups is 2. The van der Waals surface area contributed by atoms with Gasteiger partial charge in [-0.2, -0.15) is 0 Å². The van der Waals surface area contributed by atoms with Gasteiger partial charge in [-0.3, -0.25) is 9.59 Å². The highest BCUT2D eigenvalue weighted by Crippen LogP contribution is 1.92. The molecule has 6 heteroatoms. The van der Waals surface area contributed by atoms with E-state index < -0.39 is 0 Å². The Morgan fingerprint density at radius 2 is 1.24 bits per heavy atom. The minimum Gasteiger partial charge on any atom is -0.350 e. The van der Waals surface area contributed by atoms with Gasteiger partial charge in [-0.1, -0.05) is 61.2 Å². The molecule has 0 spiro atoms. The summed E-state index contributed by atoms with van der Waals surface area (Å²) in [6.07, 6.45) is 0. The SMILES string of the molecule is CNC(=O)S.CNC(=O)S.Cc1ccccc1. The predicted octanol–water partition coefficient (Wildman–Crippen LogP) is 2.51. The second kappa shape index (κ2) is 12.9. The summed E-state index contributed by atoms with van der Waals surface area (Å²) in [6, 6.07) is 10.3. The zero-order valence-electron chi connectivity index (χ0n) is 10.1. The van der Waals surface area contributed by atoms with Gasteiger partial charge >= 0.3 is 0 Å². The Balaban J connectivity index is 0. The Morgan fingerprint density at radius 1 is 0.941 bits per heavy atom. The summed E-state index contributed by atoms with van der Waals surface area (Å²) in [5.74, 6) is 0. The van der Waals surface area contributed by atoms with Gasteiger partial charge in [0.25, 0.3) is 10.5 Å². The van der Waals surface area contributed by atoms with E-state index in [-0.39, 0.29) is 10.5 Å². The summed E-state index contributed by atoms with van der Waals surface area (Å²) in [6.45, 7) is 2.08. The van der Waals surface area contributed by atoms with Crippen molar-refractivity contribution in [2.24, 2.45) is 0 Å². The number of rotatable bonds is 0. The molecule has 0 fully saturated rings. The fourth-order valence-electron chi connectivity index (χ4n) is 0.534. The summed E-state index contributed by atoms with van der Waals surface area (Å²) in [5, 5.41) is 3.90. The molecule has 2 amide bonds. The van der Waals surface area contributed by atoms with Crippen LogP contribution in [0.5, 0.6) is 0 Å². The third kappa shape index (κ3) is 20.8. The van der Waals surface area contributed by atoms with Crippen LogP contribution in [0.25, 0.3) is 0 Å². The maximum atomic E-state index is 9.57. The maximum Gasteiger partial charge on any atom is 0.275 e. The Bertz CT molecular complexity index is 305. The molecule has 4 nitrogen and oxygen atoms in total. The van der Waals surface area contributed by atoms with E-state index in [0.717, 1.165) is 0 Å². The third-order valence-corrected chi connectivity index (χ3v) is 1.82. The monoisotopic (exact) mass is 274 g/mol. The van der Waals surface area contributed by atoms with Crippen LogP contribution in [-0.4, -0.2) is 24.6 Å². The van der Waals surface area contributed by atoms with Gasteiger partial charge in [0.15, 0.2) is 0 Å². The summed E-state index contributed by atoms with van der Waals surface area (Å²) in [7, 11) is 3.05. The van der Waals surface area contributed by atoms with Crippen LogP contribution in [0.2, 0.25) is 0 Å². The third-order valence-electron chi connectivity index (χ3n) is 1.37. The lowest BCUT2D eigenvalue weighted by Crippen LogP contribution is -2.06. The Hall–Kier alpha value is -1.14. The standard InChI is InChI=1S/C7H8.2C2H5NOS/c1-7-5-3-2-4-6-7;2*1-3-2(4)5/h2-6H,1H3;2*1H3,(H2,3,4,5). The lowest BCUT2D eigenvalue weighted by Gasteiger charge is -1.82. The van der Waals surface area contributed by atoms with Crippen molar-refractivity contribution in [3.05, 3.63) is 35.9 Å². The van der Waals surface area contributed by atoms with Crippen molar-refractivity contribution < 1.29 is 9.59 Å². The van der Waals surface area contributed by atoms with E-state index in [9.17, 15) is 9.59 Å². The van der Waals surface area contributed by atoms with E-state index in [0.29, 0.717) is 0 Å². The molecule has 0 bridgehead atoms. The van der Waals surface area contributed by atoms with Crippen LogP contribution < -0.4 is 10.6 Å². The molecule has 0 radical (unpaired) electrons. The molecule has 2 N–H and O–H groups in total. The number of hydrogen-bond donors (Lipinski definition) is 4. The summed E-state index contributed by atoms with van der Waals surface area (Å²) in [4.78, 5) is 19.1. The molecule has 0 unspecified atom stereocenters. The largest absolute Gasteiger partial charge is 0.350 e. The van der Waals surface area contributed by atoms with E-state index in [2.05, 4.69) is 54.9 Å². The van der Waals surface area contributed by atoms with Gasteiger partial charge in [0, 0.05) is 14.1 Å². The van der Waals surface area contributed by atoms with Crippen LogP contribution >= 0.6 is 25.3 Å². The highest BCUT2D eigenvalue weighted by molar-refractivity contribution is 7.96. The van der Waals surface area contributed by atoms with Crippen LogP contribution in [-0.2, 0) is 0 Å². The average molecular weight is 274 g/mol. The molecule has 1 aromatic carbocycles. The first-order valence-corrected chi connectivity index (χ1v) is 5.66. The fraction of sp³-hybridized carbons (Fsp3) is 0.273. The Kier molecular flexibility index (Phi) is 13.9. The zero-order valence-corrected chi connectivity index (χ0v) is 11.9. The summed E-state index contributed by atoms with van der Waals surface area (Å²) in [5.41, 5.74) is 1.32. The topological polar surface area (TPSA) is 58.2 Å². The molecule has 0 aliphatic carbocycles. The van der Waals surface area contributed by atoms with Crippen molar-refractivity contribution in [1.29, 1.82) is 0 Å². The molecule has 96 valence electrons. The first kappa shape index (κ1) is 18.2. The number of carbonyl (C=O) groups excluding carboxylic acids is 2. The minimum absolute atomic E-state index is 0.301. The van der Waals surface area contributed by atoms with Crippen molar-refractivity contribution in [1.82, 2.24) is 10.6 Å². The molecule has 0 atom stereocenters. The molecule has 0 saturated heterocycles. The maximum absolute atomic E-state index is 9.57. The van der Waals surface area contributed by atoms with E-state index in [4.69, 9.17) is 0 Å².